The van der Waals surface area contributed by atoms with Crippen molar-refractivity contribution in [3.05, 3.63) is 11.6 Å². The van der Waals surface area contributed by atoms with Gasteiger partial charge in [0.15, 0.2) is 0 Å². The second-order valence-corrected chi connectivity index (χ2v) is 6.80. The fraction of sp³-hybridized carbons (Fsp3) is 0.867. The highest BCUT2D eigenvalue weighted by Gasteiger charge is 2.19. The summed E-state index contributed by atoms with van der Waals surface area (Å²) in [6.45, 7) is 16.0. The maximum atomic E-state index is 3.70. The molecule has 1 N–H and O–H groups in total. The Morgan fingerprint density at radius 3 is 2.29 bits per heavy atom. The lowest BCUT2D eigenvalue weighted by atomic mass is 9.95. The van der Waals surface area contributed by atoms with E-state index in [1.165, 1.54) is 31.5 Å². The van der Waals surface area contributed by atoms with Gasteiger partial charge in [-0.3, -0.25) is 4.90 Å². The van der Waals surface area contributed by atoms with E-state index in [-0.39, 0.29) is 0 Å². The minimum atomic E-state index is 0.402. The number of hydrogen-bond donors (Lipinski definition) is 1. The minimum Gasteiger partial charge on any atom is -0.313 e. The van der Waals surface area contributed by atoms with Crippen LogP contribution in [0.4, 0.5) is 0 Å². The molecule has 1 fully saturated rings. The third-order valence-corrected chi connectivity index (χ3v) is 3.27. The topological polar surface area (TPSA) is 15.3 Å². The summed E-state index contributed by atoms with van der Waals surface area (Å²) in [7, 11) is 0. The molecule has 0 spiro atoms. The Kier molecular flexibility index (Phi) is 5.68. The third kappa shape index (κ3) is 6.85. The Balaban J connectivity index is 2.20. The smallest absolute Gasteiger partial charge is 0.0165 e. The van der Waals surface area contributed by atoms with Gasteiger partial charge in [-0.05, 0) is 45.2 Å². The summed E-state index contributed by atoms with van der Waals surface area (Å²) in [6.07, 6.45) is 4.93. The molecule has 1 aliphatic rings. The number of allylic oxidation sites excluding steroid dienone is 1. The van der Waals surface area contributed by atoms with Gasteiger partial charge in [0.25, 0.3) is 0 Å². The molecule has 0 saturated carbocycles. The lowest BCUT2D eigenvalue weighted by molar-refractivity contribution is 0.205. The zero-order chi connectivity index (χ0) is 12.9. The van der Waals surface area contributed by atoms with Crippen LogP contribution < -0.4 is 5.32 Å². The highest BCUT2D eigenvalue weighted by atomic mass is 15.1. The van der Waals surface area contributed by atoms with E-state index in [1.54, 1.807) is 0 Å². The van der Waals surface area contributed by atoms with E-state index in [2.05, 4.69) is 50.9 Å². The summed E-state index contributed by atoms with van der Waals surface area (Å²) in [4.78, 5) is 2.56. The molecule has 17 heavy (non-hydrogen) atoms. The number of rotatable bonds is 4. The molecule has 0 radical (unpaired) electrons. The molecular weight excluding hydrogens is 208 g/mol. The SMILES string of the molecule is CC(C)=CCN1CCC(NCC(C)(C)C)CC1. The van der Waals surface area contributed by atoms with Crippen molar-refractivity contribution in [2.24, 2.45) is 5.41 Å². The van der Waals surface area contributed by atoms with E-state index < -0.39 is 0 Å². The summed E-state index contributed by atoms with van der Waals surface area (Å²) in [6, 6.07) is 0.733. The highest BCUT2D eigenvalue weighted by molar-refractivity contribution is 4.95. The van der Waals surface area contributed by atoms with Crippen molar-refractivity contribution in [2.45, 2.75) is 53.5 Å². The summed E-state index contributed by atoms with van der Waals surface area (Å²) in [5.74, 6) is 0. The number of nitrogens with one attached hydrogen (secondary N) is 1. The Labute approximate surface area is 107 Å². The second kappa shape index (κ2) is 6.55. The first-order valence-electron chi connectivity index (χ1n) is 6.96. The summed E-state index contributed by atoms with van der Waals surface area (Å²) in [5.41, 5.74) is 1.83. The van der Waals surface area contributed by atoms with Crippen LogP contribution in [0.3, 0.4) is 0 Å². The van der Waals surface area contributed by atoms with Crippen molar-refractivity contribution < 1.29 is 0 Å². The number of hydrogen-bond acceptors (Lipinski definition) is 2. The van der Waals surface area contributed by atoms with Crippen molar-refractivity contribution in [1.29, 1.82) is 0 Å². The molecular formula is C15H30N2. The van der Waals surface area contributed by atoms with E-state index in [4.69, 9.17) is 0 Å². The number of likely N-dealkylation sites (tertiary alicyclic amines) is 1. The van der Waals surface area contributed by atoms with Gasteiger partial charge in [0.05, 0.1) is 0 Å². The van der Waals surface area contributed by atoms with Crippen LogP contribution in [0, 0.1) is 5.41 Å². The predicted octanol–water partition coefficient (Wildman–Crippen LogP) is 3.05. The van der Waals surface area contributed by atoms with Gasteiger partial charge in [-0.2, -0.15) is 0 Å². The van der Waals surface area contributed by atoms with E-state index >= 15 is 0 Å². The second-order valence-electron chi connectivity index (χ2n) is 6.80. The lowest BCUT2D eigenvalue weighted by Crippen LogP contribution is -2.44. The Bertz CT molecular complexity index is 238. The van der Waals surface area contributed by atoms with Gasteiger partial charge >= 0.3 is 0 Å². The van der Waals surface area contributed by atoms with Crippen LogP contribution in [0.1, 0.15) is 47.5 Å². The first kappa shape index (κ1) is 14.7. The van der Waals surface area contributed by atoms with E-state index in [0.29, 0.717) is 5.41 Å². The Morgan fingerprint density at radius 2 is 1.82 bits per heavy atom. The van der Waals surface area contributed by atoms with Gasteiger partial charge in [-0.25, -0.2) is 0 Å². The van der Waals surface area contributed by atoms with Gasteiger partial charge in [0.1, 0.15) is 0 Å². The molecule has 0 aromatic rings. The molecule has 1 aliphatic heterocycles. The molecule has 1 saturated heterocycles. The van der Waals surface area contributed by atoms with Crippen LogP contribution in [0.25, 0.3) is 0 Å². The maximum Gasteiger partial charge on any atom is 0.0165 e. The van der Waals surface area contributed by atoms with Gasteiger partial charge in [0, 0.05) is 19.1 Å². The molecule has 0 unspecified atom stereocenters. The van der Waals surface area contributed by atoms with Crippen LogP contribution in [0.2, 0.25) is 0 Å². The summed E-state index contributed by atoms with van der Waals surface area (Å²) < 4.78 is 0. The zero-order valence-electron chi connectivity index (χ0n) is 12.3. The first-order chi connectivity index (χ1) is 7.87. The number of piperidine rings is 1. The fourth-order valence-corrected chi connectivity index (χ4v) is 2.08. The standard InChI is InChI=1S/C15H30N2/c1-13(2)6-9-17-10-7-14(8-11-17)16-12-15(3,4)5/h6,14,16H,7-12H2,1-5H3. The van der Waals surface area contributed by atoms with Gasteiger partial charge < -0.3 is 5.32 Å². The van der Waals surface area contributed by atoms with Crippen LogP contribution in [0.5, 0.6) is 0 Å². The average molecular weight is 238 g/mol. The third-order valence-electron chi connectivity index (χ3n) is 3.27. The van der Waals surface area contributed by atoms with Crippen LogP contribution in [-0.4, -0.2) is 37.1 Å². The number of nitrogens with zero attached hydrogens (tertiary/aromatic N) is 1. The molecule has 2 nitrogen and oxygen atoms in total. The van der Waals surface area contributed by atoms with E-state index in [1.807, 2.05) is 0 Å². The van der Waals surface area contributed by atoms with Crippen molar-refractivity contribution >= 4 is 0 Å². The van der Waals surface area contributed by atoms with Crippen molar-refractivity contribution in [2.75, 3.05) is 26.2 Å². The van der Waals surface area contributed by atoms with Gasteiger partial charge in [-0.15, -0.1) is 0 Å². The van der Waals surface area contributed by atoms with Crippen LogP contribution in [-0.2, 0) is 0 Å². The lowest BCUT2D eigenvalue weighted by Gasteiger charge is -2.33. The van der Waals surface area contributed by atoms with Crippen molar-refractivity contribution in [3.63, 3.8) is 0 Å². The van der Waals surface area contributed by atoms with Crippen LogP contribution in [0.15, 0.2) is 11.6 Å². The Morgan fingerprint density at radius 1 is 1.24 bits per heavy atom. The summed E-state index contributed by atoms with van der Waals surface area (Å²) in [5, 5.41) is 3.70. The molecule has 0 aromatic carbocycles. The molecule has 2 heteroatoms. The molecule has 0 atom stereocenters. The highest BCUT2D eigenvalue weighted by Crippen LogP contribution is 2.15. The largest absolute Gasteiger partial charge is 0.313 e. The fourth-order valence-electron chi connectivity index (χ4n) is 2.08. The monoisotopic (exact) mass is 238 g/mol. The maximum absolute atomic E-state index is 3.70. The van der Waals surface area contributed by atoms with Gasteiger partial charge in [0.2, 0.25) is 0 Å². The zero-order valence-corrected chi connectivity index (χ0v) is 12.3. The normalized spacial score (nSPS) is 19.4. The Hall–Kier alpha value is -0.340. The molecule has 0 aliphatic carbocycles. The van der Waals surface area contributed by atoms with E-state index in [0.717, 1.165) is 19.1 Å². The molecule has 100 valence electrons. The molecule has 0 bridgehead atoms. The molecule has 0 aromatic heterocycles. The molecule has 0 amide bonds. The average Bonchev–Trinajstić information content (AvgIpc) is 2.24. The quantitative estimate of drug-likeness (QED) is 0.757. The first-order valence-corrected chi connectivity index (χ1v) is 6.96. The van der Waals surface area contributed by atoms with Crippen molar-refractivity contribution in [3.8, 4) is 0 Å². The molecule has 1 heterocycles. The predicted molar refractivity (Wildman–Crippen MR) is 76.4 cm³/mol. The summed E-state index contributed by atoms with van der Waals surface area (Å²) >= 11 is 0. The van der Waals surface area contributed by atoms with Crippen LogP contribution >= 0.6 is 0 Å². The minimum absolute atomic E-state index is 0.402. The van der Waals surface area contributed by atoms with Gasteiger partial charge in [-0.1, -0.05) is 32.4 Å². The van der Waals surface area contributed by atoms with E-state index in [9.17, 15) is 0 Å². The molecule has 1 rings (SSSR count). The van der Waals surface area contributed by atoms with Crippen molar-refractivity contribution in [1.82, 2.24) is 10.2 Å².